The fraction of sp³-hybridized carbons (Fsp3) is 0.394. The molecule has 0 N–H and O–H groups in total. The Morgan fingerprint density at radius 3 is 1.54 bits per heavy atom. The van der Waals surface area contributed by atoms with Crippen molar-refractivity contribution in [2.45, 2.75) is 58.0 Å². The predicted octanol–water partition coefficient (Wildman–Crippen LogP) is 8.34. The molecule has 0 unspecified atom stereocenters. The zero-order valence-corrected chi connectivity index (χ0v) is 21.3. The maximum Gasteiger partial charge on any atom is 0.0517 e. The van der Waals surface area contributed by atoms with E-state index in [9.17, 15) is 0 Å². The molecular formula is C33H38N2. The Kier molecular flexibility index (Phi) is 6.12. The lowest BCUT2D eigenvalue weighted by Gasteiger charge is -2.53. The monoisotopic (exact) mass is 462 g/mol. The first-order valence-corrected chi connectivity index (χ1v) is 13.6. The lowest BCUT2D eigenvalue weighted by Crippen LogP contribution is -2.57. The Morgan fingerprint density at radius 1 is 0.571 bits per heavy atom. The van der Waals surface area contributed by atoms with Crippen molar-refractivity contribution < 1.29 is 0 Å². The maximum atomic E-state index is 2.79. The lowest BCUT2D eigenvalue weighted by molar-refractivity contribution is -0.0608. The van der Waals surface area contributed by atoms with Gasteiger partial charge in [0.15, 0.2) is 0 Å². The third kappa shape index (κ3) is 4.28. The first-order valence-electron chi connectivity index (χ1n) is 13.6. The molecule has 35 heavy (non-hydrogen) atoms. The normalized spacial score (nSPS) is 20.9. The molecule has 2 atom stereocenters. The van der Waals surface area contributed by atoms with Crippen molar-refractivity contribution in [1.29, 1.82) is 0 Å². The van der Waals surface area contributed by atoms with E-state index in [-0.39, 0.29) is 0 Å². The molecule has 1 aliphatic heterocycles. The molecule has 2 fully saturated rings. The van der Waals surface area contributed by atoms with Crippen LogP contribution in [0.25, 0.3) is 21.5 Å². The number of nitrogens with zero attached hydrogens (tertiary/aromatic N) is 2. The summed E-state index contributed by atoms with van der Waals surface area (Å²) in [7, 11) is 0. The second-order valence-electron chi connectivity index (χ2n) is 11.2. The van der Waals surface area contributed by atoms with Gasteiger partial charge in [0, 0.05) is 25.2 Å². The predicted molar refractivity (Wildman–Crippen MR) is 149 cm³/mol. The molecule has 1 aliphatic carbocycles. The van der Waals surface area contributed by atoms with E-state index in [2.05, 4.69) is 109 Å². The molecule has 2 aliphatic rings. The molecule has 4 aromatic carbocycles. The summed E-state index contributed by atoms with van der Waals surface area (Å²) in [5, 5.41) is 5.50. The van der Waals surface area contributed by atoms with Gasteiger partial charge in [-0.05, 0) is 64.8 Å². The molecular weight excluding hydrogens is 424 g/mol. The highest BCUT2D eigenvalue weighted by Gasteiger charge is 2.42. The molecule has 4 aromatic rings. The average molecular weight is 463 g/mol. The molecule has 2 nitrogen and oxygen atoms in total. The van der Waals surface area contributed by atoms with Crippen LogP contribution in [0, 0.1) is 5.41 Å². The van der Waals surface area contributed by atoms with Gasteiger partial charge in [-0.25, -0.2) is 0 Å². The average Bonchev–Trinajstić information content (AvgIpc) is 2.91. The van der Waals surface area contributed by atoms with Crippen LogP contribution in [-0.4, -0.2) is 29.6 Å². The largest absolute Gasteiger partial charge is 0.283 e. The van der Waals surface area contributed by atoms with Gasteiger partial charge in [0.05, 0.1) is 6.67 Å². The first-order chi connectivity index (χ1) is 17.1. The molecule has 1 saturated heterocycles. The zero-order valence-electron chi connectivity index (χ0n) is 21.3. The number of rotatable bonds is 4. The Labute approximate surface area is 210 Å². The van der Waals surface area contributed by atoms with E-state index >= 15 is 0 Å². The highest BCUT2D eigenvalue weighted by atomic mass is 15.4. The van der Waals surface area contributed by atoms with Crippen LogP contribution in [0.4, 0.5) is 0 Å². The van der Waals surface area contributed by atoms with E-state index in [0.29, 0.717) is 17.5 Å². The van der Waals surface area contributed by atoms with Crippen molar-refractivity contribution in [3.8, 4) is 0 Å². The van der Waals surface area contributed by atoms with Crippen molar-refractivity contribution in [3.05, 3.63) is 96.1 Å². The summed E-state index contributed by atoms with van der Waals surface area (Å²) in [6.45, 7) is 8.33. The Bertz CT molecular complexity index is 1210. The van der Waals surface area contributed by atoms with Crippen LogP contribution in [0.3, 0.4) is 0 Å². The molecule has 2 heteroatoms. The molecule has 0 radical (unpaired) electrons. The first kappa shape index (κ1) is 22.8. The van der Waals surface area contributed by atoms with Crippen molar-refractivity contribution in [2.24, 2.45) is 5.41 Å². The van der Waals surface area contributed by atoms with Gasteiger partial charge in [-0.3, -0.25) is 9.80 Å². The molecule has 1 heterocycles. The van der Waals surface area contributed by atoms with E-state index in [0.717, 1.165) is 6.67 Å². The van der Waals surface area contributed by atoms with Crippen molar-refractivity contribution in [3.63, 3.8) is 0 Å². The Morgan fingerprint density at radius 2 is 1.03 bits per heavy atom. The summed E-state index contributed by atoms with van der Waals surface area (Å²) in [6.07, 6.45) is 6.90. The summed E-state index contributed by atoms with van der Waals surface area (Å²) >= 11 is 0. The second kappa shape index (κ2) is 9.41. The molecule has 6 rings (SSSR count). The Hall–Kier alpha value is -2.68. The minimum absolute atomic E-state index is 0.391. The van der Waals surface area contributed by atoms with Gasteiger partial charge in [0.25, 0.3) is 0 Å². The summed E-state index contributed by atoms with van der Waals surface area (Å²) in [5.41, 5.74) is 3.34. The van der Waals surface area contributed by atoms with Crippen molar-refractivity contribution in [2.75, 3.05) is 19.8 Å². The van der Waals surface area contributed by atoms with Gasteiger partial charge >= 0.3 is 0 Å². The number of hydrogen-bond acceptors (Lipinski definition) is 2. The SMILES string of the molecule is C[C@@H](c1cccc2ccccc12)N1CN([C@@H](C)c2cccc3ccccc23)CC2(CCCCC2)C1. The molecule has 0 aromatic heterocycles. The van der Waals surface area contributed by atoms with Crippen LogP contribution in [0.5, 0.6) is 0 Å². The molecule has 0 bridgehead atoms. The second-order valence-corrected chi connectivity index (χ2v) is 11.2. The van der Waals surface area contributed by atoms with Crippen LogP contribution in [0.15, 0.2) is 84.9 Å². The highest BCUT2D eigenvalue weighted by Crippen LogP contribution is 2.44. The number of benzene rings is 4. The quantitative estimate of drug-likeness (QED) is 0.301. The van der Waals surface area contributed by atoms with Crippen LogP contribution in [0.2, 0.25) is 0 Å². The number of fused-ring (bicyclic) bond motifs is 2. The van der Waals surface area contributed by atoms with Gasteiger partial charge < -0.3 is 0 Å². The summed E-state index contributed by atoms with van der Waals surface area (Å²) < 4.78 is 0. The number of hydrogen-bond donors (Lipinski definition) is 0. The highest BCUT2D eigenvalue weighted by molar-refractivity contribution is 5.86. The smallest absolute Gasteiger partial charge is 0.0517 e. The standard InChI is InChI=1S/C33H38N2/c1-25(29-18-10-14-27-12-4-6-16-31(27)29)34-22-33(20-8-3-9-21-33)23-35(24-34)26(2)30-19-11-15-28-13-5-7-17-32(28)30/h4-7,10-19,25-26H,3,8-9,20-24H2,1-2H3/t25-,26-/m0/s1. The van der Waals surface area contributed by atoms with Crippen molar-refractivity contribution >= 4 is 21.5 Å². The van der Waals surface area contributed by atoms with Crippen LogP contribution in [0.1, 0.15) is 69.2 Å². The van der Waals surface area contributed by atoms with E-state index in [1.807, 2.05) is 0 Å². The molecule has 1 spiro atoms. The minimum Gasteiger partial charge on any atom is -0.283 e. The topological polar surface area (TPSA) is 6.48 Å². The van der Waals surface area contributed by atoms with E-state index in [1.54, 1.807) is 0 Å². The lowest BCUT2D eigenvalue weighted by atomic mass is 9.71. The van der Waals surface area contributed by atoms with E-state index in [1.165, 1.54) is 77.9 Å². The van der Waals surface area contributed by atoms with Gasteiger partial charge in [-0.15, -0.1) is 0 Å². The summed E-state index contributed by atoms with van der Waals surface area (Å²) in [6, 6.07) is 32.3. The zero-order chi connectivity index (χ0) is 23.8. The van der Waals surface area contributed by atoms with Gasteiger partial charge in [-0.2, -0.15) is 0 Å². The van der Waals surface area contributed by atoms with Crippen molar-refractivity contribution in [1.82, 2.24) is 9.80 Å². The molecule has 0 amide bonds. The summed E-state index contributed by atoms with van der Waals surface area (Å²) in [4.78, 5) is 5.58. The maximum absolute atomic E-state index is 2.79. The van der Waals surface area contributed by atoms with Gasteiger partial charge in [-0.1, -0.05) is 104 Å². The Balaban J connectivity index is 1.37. The fourth-order valence-corrected chi connectivity index (χ4v) is 7.00. The van der Waals surface area contributed by atoms with Crippen LogP contribution < -0.4 is 0 Å². The third-order valence-electron chi connectivity index (χ3n) is 9.00. The fourth-order valence-electron chi connectivity index (χ4n) is 7.00. The van der Waals surface area contributed by atoms with E-state index < -0.39 is 0 Å². The van der Waals surface area contributed by atoms with E-state index in [4.69, 9.17) is 0 Å². The third-order valence-corrected chi connectivity index (χ3v) is 9.00. The molecule has 1 saturated carbocycles. The summed E-state index contributed by atoms with van der Waals surface area (Å²) in [5.74, 6) is 0. The molecule has 180 valence electrons. The van der Waals surface area contributed by atoms with Gasteiger partial charge in [0.2, 0.25) is 0 Å². The minimum atomic E-state index is 0.391. The van der Waals surface area contributed by atoms with Crippen LogP contribution in [-0.2, 0) is 0 Å². The van der Waals surface area contributed by atoms with Crippen LogP contribution >= 0.6 is 0 Å². The van der Waals surface area contributed by atoms with Gasteiger partial charge in [0.1, 0.15) is 0 Å².